The number of thioether (sulfide) groups is 1. The van der Waals surface area contributed by atoms with Crippen molar-refractivity contribution in [2.24, 2.45) is 23.7 Å². The van der Waals surface area contributed by atoms with E-state index in [1.54, 1.807) is 11.8 Å². The van der Waals surface area contributed by atoms with Crippen molar-refractivity contribution in [1.29, 1.82) is 0 Å². The molecule has 1 saturated heterocycles. The van der Waals surface area contributed by atoms with Gasteiger partial charge in [-0.1, -0.05) is 12.1 Å². The van der Waals surface area contributed by atoms with Gasteiger partial charge in [-0.15, -0.1) is 11.8 Å². The van der Waals surface area contributed by atoms with E-state index >= 15 is 0 Å². The Labute approximate surface area is 165 Å². The lowest BCUT2D eigenvalue weighted by Gasteiger charge is -2.63. The van der Waals surface area contributed by atoms with Gasteiger partial charge in [0.2, 0.25) is 5.91 Å². The molecule has 4 saturated carbocycles. The van der Waals surface area contributed by atoms with Crippen LogP contribution in [-0.2, 0) is 10.2 Å². The number of hydrogen-bond donors (Lipinski definition) is 2. The summed E-state index contributed by atoms with van der Waals surface area (Å²) in [5.74, 6) is 2.01. The van der Waals surface area contributed by atoms with Crippen molar-refractivity contribution in [3.8, 4) is 0 Å². The maximum absolute atomic E-state index is 13.1. The normalized spacial score (nSPS) is 40.3. The molecule has 6 rings (SSSR count). The summed E-state index contributed by atoms with van der Waals surface area (Å²) in [5, 5.41) is 20.2. The largest absolute Gasteiger partial charge is 0.393 e. The Balaban J connectivity index is 1.51. The molecular formula is C22H29NO3S. The molecule has 146 valence electrons. The van der Waals surface area contributed by atoms with Crippen LogP contribution in [0.5, 0.6) is 0 Å². The molecule has 1 amide bonds. The zero-order valence-electron chi connectivity index (χ0n) is 15.9. The van der Waals surface area contributed by atoms with E-state index in [4.69, 9.17) is 0 Å². The standard InChI is InChI=1S/C22H29NO3S/c1-27-19-4-2-15(3-5-19)22(10-20(25)23-11-18(24)12-23)16-6-13-7-17(22)9-14(8-16)21(13)26/h2-5,13-14,16-18,21,24,26H,6-12H2,1H3. The van der Waals surface area contributed by atoms with E-state index in [0.717, 1.165) is 25.7 Å². The Morgan fingerprint density at radius 2 is 1.63 bits per heavy atom. The summed E-state index contributed by atoms with van der Waals surface area (Å²) in [6.07, 6.45) is 6.37. The lowest BCUT2D eigenvalue weighted by Crippen LogP contribution is -2.62. The van der Waals surface area contributed by atoms with Gasteiger partial charge in [0.1, 0.15) is 0 Å². The summed E-state index contributed by atoms with van der Waals surface area (Å²) in [6.45, 7) is 0.971. The predicted octanol–water partition coefficient (Wildman–Crippen LogP) is 2.67. The maximum atomic E-state index is 13.1. The molecule has 2 N–H and O–H groups in total. The molecule has 1 heterocycles. The summed E-state index contributed by atoms with van der Waals surface area (Å²) in [5.41, 5.74) is 1.22. The van der Waals surface area contributed by atoms with E-state index in [9.17, 15) is 15.0 Å². The Bertz CT molecular complexity index is 698. The summed E-state index contributed by atoms with van der Waals surface area (Å²) in [4.78, 5) is 16.2. The smallest absolute Gasteiger partial charge is 0.223 e. The third kappa shape index (κ3) is 2.69. The lowest BCUT2D eigenvalue weighted by molar-refractivity contribution is -0.158. The summed E-state index contributed by atoms with van der Waals surface area (Å²) in [7, 11) is 0. The zero-order valence-corrected chi connectivity index (χ0v) is 16.7. The monoisotopic (exact) mass is 387 g/mol. The fourth-order valence-corrected chi connectivity index (χ4v) is 7.16. The first-order chi connectivity index (χ1) is 13.0. The molecule has 4 nitrogen and oxygen atoms in total. The Hall–Kier alpha value is -1.04. The van der Waals surface area contributed by atoms with Crippen molar-refractivity contribution in [2.45, 2.75) is 54.6 Å². The molecule has 0 spiro atoms. The van der Waals surface area contributed by atoms with Crippen molar-refractivity contribution in [2.75, 3.05) is 19.3 Å². The number of β-amino-alcohol motifs (C(OH)–C–C–N with tert-alkyl or cyclic N) is 1. The van der Waals surface area contributed by atoms with Crippen molar-refractivity contribution >= 4 is 17.7 Å². The fourth-order valence-electron chi connectivity index (χ4n) is 6.75. The summed E-state index contributed by atoms with van der Waals surface area (Å²) in [6, 6.07) is 8.89. The topological polar surface area (TPSA) is 60.8 Å². The van der Waals surface area contributed by atoms with E-state index in [1.165, 1.54) is 10.5 Å². The van der Waals surface area contributed by atoms with Crippen LogP contribution in [0, 0.1) is 23.7 Å². The van der Waals surface area contributed by atoms with Crippen LogP contribution in [0.4, 0.5) is 0 Å². The van der Waals surface area contributed by atoms with Gasteiger partial charge in [0.15, 0.2) is 0 Å². The van der Waals surface area contributed by atoms with Crippen molar-refractivity contribution in [3.05, 3.63) is 29.8 Å². The highest BCUT2D eigenvalue weighted by molar-refractivity contribution is 7.98. The number of likely N-dealkylation sites (tertiary alicyclic amines) is 1. The van der Waals surface area contributed by atoms with E-state index in [1.807, 2.05) is 4.90 Å². The van der Waals surface area contributed by atoms with Gasteiger partial charge in [-0.25, -0.2) is 0 Å². The van der Waals surface area contributed by atoms with Crippen LogP contribution in [0.1, 0.15) is 37.7 Å². The molecule has 4 aliphatic carbocycles. The number of nitrogens with zero attached hydrogens (tertiary/aromatic N) is 1. The number of rotatable bonds is 4. The second kappa shape index (κ2) is 6.50. The fraction of sp³-hybridized carbons (Fsp3) is 0.682. The highest BCUT2D eigenvalue weighted by Gasteiger charge is 2.61. The molecule has 5 fully saturated rings. The molecule has 0 unspecified atom stereocenters. The average molecular weight is 388 g/mol. The number of aliphatic hydroxyl groups is 2. The first kappa shape index (κ1) is 18.0. The molecule has 0 atom stereocenters. The zero-order chi connectivity index (χ0) is 18.8. The first-order valence-electron chi connectivity index (χ1n) is 10.3. The number of aliphatic hydroxyl groups excluding tert-OH is 2. The lowest BCUT2D eigenvalue weighted by atomic mass is 9.42. The van der Waals surface area contributed by atoms with Crippen LogP contribution in [0.2, 0.25) is 0 Å². The van der Waals surface area contributed by atoms with Gasteiger partial charge >= 0.3 is 0 Å². The first-order valence-corrected chi connectivity index (χ1v) is 11.5. The van der Waals surface area contributed by atoms with Crippen LogP contribution >= 0.6 is 11.8 Å². The average Bonchev–Trinajstić information content (AvgIpc) is 2.64. The summed E-state index contributed by atoms with van der Waals surface area (Å²) < 4.78 is 0. The highest BCUT2D eigenvalue weighted by Crippen LogP contribution is 2.64. The van der Waals surface area contributed by atoms with Crippen LogP contribution in [0.15, 0.2) is 29.2 Å². The van der Waals surface area contributed by atoms with Gasteiger partial charge < -0.3 is 15.1 Å². The minimum absolute atomic E-state index is 0.0955. The van der Waals surface area contributed by atoms with Gasteiger partial charge in [-0.05, 0) is 73.3 Å². The highest BCUT2D eigenvalue weighted by atomic mass is 32.2. The van der Waals surface area contributed by atoms with E-state index in [-0.39, 0.29) is 23.5 Å². The van der Waals surface area contributed by atoms with Gasteiger partial charge in [0.25, 0.3) is 0 Å². The van der Waals surface area contributed by atoms with Crippen molar-refractivity contribution < 1.29 is 15.0 Å². The van der Waals surface area contributed by atoms with Crippen LogP contribution in [-0.4, -0.2) is 52.6 Å². The van der Waals surface area contributed by atoms with E-state index in [0.29, 0.717) is 43.2 Å². The van der Waals surface area contributed by atoms with Crippen molar-refractivity contribution in [3.63, 3.8) is 0 Å². The third-order valence-electron chi connectivity index (χ3n) is 8.06. The number of amides is 1. The van der Waals surface area contributed by atoms with Gasteiger partial charge in [0, 0.05) is 29.8 Å². The quantitative estimate of drug-likeness (QED) is 0.780. The molecule has 27 heavy (non-hydrogen) atoms. The number of hydrogen-bond acceptors (Lipinski definition) is 4. The maximum Gasteiger partial charge on any atom is 0.223 e. The second-order valence-electron chi connectivity index (χ2n) is 9.25. The van der Waals surface area contributed by atoms with Gasteiger partial charge in [-0.3, -0.25) is 4.79 Å². The van der Waals surface area contributed by atoms with Crippen LogP contribution in [0.25, 0.3) is 0 Å². The molecule has 1 aromatic carbocycles. The molecule has 1 aromatic rings. The van der Waals surface area contributed by atoms with Crippen LogP contribution in [0.3, 0.4) is 0 Å². The minimum Gasteiger partial charge on any atom is -0.393 e. The number of carbonyl (C=O) groups excluding carboxylic acids is 1. The molecule has 5 heteroatoms. The SMILES string of the molecule is CSc1ccc(C2(CC(=O)N3CC(O)C3)C3CC4CC2CC(C3)C4O)cc1. The molecule has 0 aromatic heterocycles. The second-order valence-corrected chi connectivity index (χ2v) is 10.1. The molecule has 1 aliphatic heterocycles. The molecule has 4 bridgehead atoms. The number of carbonyl (C=O) groups is 1. The Morgan fingerprint density at radius 3 is 2.11 bits per heavy atom. The van der Waals surface area contributed by atoms with Gasteiger partial charge in [-0.2, -0.15) is 0 Å². The van der Waals surface area contributed by atoms with Crippen LogP contribution < -0.4 is 0 Å². The van der Waals surface area contributed by atoms with Gasteiger partial charge in [0.05, 0.1) is 12.2 Å². The molecular weight excluding hydrogens is 358 g/mol. The third-order valence-corrected chi connectivity index (χ3v) is 8.80. The van der Waals surface area contributed by atoms with E-state index in [2.05, 4.69) is 30.5 Å². The Kier molecular flexibility index (Phi) is 4.34. The minimum atomic E-state index is -0.348. The Morgan fingerprint density at radius 1 is 1.07 bits per heavy atom. The van der Waals surface area contributed by atoms with E-state index < -0.39 is 0 Å². The number of benzene rings is 1. The van der Waals surface area contributed by atoms with Crippen molar-refractivity contribution in [1.82, 2.24) is 4.90 Å². The molecule has 0 radical (unpaired) electrons. The summed E-state index contributed by atoms with van der Waals surface area (Å²) >= 11 is 1.75. The molecule has 5 aliphatic rings. The predicted molar refractivity (Wildman–Crippen MR) is 106 cm³/mol.